The number of nitrogens with zero attached hydrogens (tertiary/aromatic N) is 2. The summed E-state index contributed by atoms with van der Waals surface area (Å²) in [6.07, 6.45) is 3.03. The molecule has 1 aromatic heterocycles. The second kappa shape index (κ2) is 7.28. The first kappa shape index (κ1) is 17.5. The molecule has 0 spiro atoms. The van der Waals surface area contributed by atoms with Crippen LogP contribution in [-0.2, 0) is 9.53 Å². The van der Waals surface area contributed by atoms with E-state index >= 15 is 0 Å². The minimum Gasteiger partial charge on any atom is -0.463 e. The van der Waals surface area contributed by atoms with Crippen LogP contribution < -0.4 is 5.32 Å². The molecule has 0 amide bonds. The Morgan fingerprint density at radius 1 is 1.44 bits per heavy atom. The van der Waals surface area contributed by atoms with Crippen LogP contribution in [0.4, 0.5) is 8.78 Å². The van der Waals surface area contributed by atoms with Crippen molar-refractivity contribution in [1.82, 2.24) is 10.3 Å². The molecule has 0 fully saturated rings. The first-order valence-electron chi connectivity index (χ1n) is 7.27. The highest BCUT2D eigenvalue weighted by Gasteiger charge is 2.31. The third-order valence-corrected chi connectivity index (χ3v) is 4.59. The predicted molar refractivity (Wildman–Crippen MR) is 90.6 cm³/mol. The summed E-state index contributed by atoms with van der Waals surface area (Å²) < 4.78 is 32.3. The van der Waals surface area contributed by atoms with E-state index in [0.717, 1.165) is 6.07 Å². The minimum absolute atomic E-state index is 0.134. The van der Waals surface area contributed by atoms with Crippen LogP contribution >= 0.6 is 22.9 Å². The van der Waals surface area contributed by atoms with Gasteiger partial charge in [-0.15, -0.1) is 11.3 Å². The lowest BCUT2D eigenvalue weighted by atomic mass is 9.98. The molecule has 2 heterocycles. The first-order valence-corrected chi connectivity index (χ1v) is 8.53. The van der Waals surface area contributed by atoms with Crippen LogP contribution in [0, 0.1) is 11.6 Å². The smallest absolute Gasteiger partial charge is 0.338 e. The SMILES string of the molecule is CCOC(=O)C1=CNC(c2nccs2)=NC1c1ccc(F)c(F)c1Cl. The number of thiazole rings is 1. The molecular formula is C16H12ClF2N3O2S. The average molecular weight is 384 g/mol. The fourth-order valence-electron chi connectivity index (χ4n) is 2.29. The number of aliphatic imine (C=N–C) groups is 1. The number of hydrogen-bond acceptors (Lipinski definition) is 6. The molecule has 2 aromatic rings. The van der Waals surface area contributed by atoms with Gasteiger partial charge in [-0.1, -0.05) is 17.7 Å². The number of ether oxygens (including phenoxy) is 1. The lowest BCUT2D eigenvalue weighted by Crippen LogP contribution is -2.29. The maximum Gasteiger partial charge on any atom is 0.338 e. The molecule has 0 bridgehead atoms. The summed E-state index contributed by atoms with van der Waals surface area (Å²) in [7, 11) is 0. The van der Waals surface area contributed by atoms with Gasteiger partial charge in [-0.3, -0.25) is 4.99 Å². The highest BCUT2D eigenvalue weighted by Crippen LogP contribution is 2.36. The van der Waals surface area contributed by atoms with Gasteiger partial charge in [0.25, 0.3) is 0 Å². The monoisotopic (exact) mass is 383 g/mol. The number of hydrogen-bond donors (Lipinski definition) is 1. The third kappa shape index (κ3) is 3.40. The Labute approximate surface area is 151 Å². The van der Waals surface area contributed by atoms with Crippen LogP contribution in [0.2, 0.25) is 5.02 Å². The number of carbonyl (C=O) groups is 1. The molecule has 0 radical (unpaired) electrons. The number of esters is 1. The van der Waals surface area contributed by atoms with Crippen molar-refractivity contribution in [3.8, 4) is 0 Å². The van der Waals surface area contributed by atoms with Crippen LogP contribution in [0.1, 0.15) is 23.5 Å². The zero-order valence-electron chi connectivity index (χ0n) is 12.9. The fraction of sp³-hybridized carbons (Fsp3) is 0.188. The van der Waals surface area contributed by atoms with Gasteiger partial charge in [-0.25, -0.2) is 18.6 Å². The predicted octanol–water partition coefficient (Wildman–Crippen LogP) is 3.61. The van der Waals surface area contributed by atoms with Gasteiger partial charge in [-0.05, 0) is 13.0 Å². The van der Waals surface area contributed by atoms with Crippen molar-refractivity contribution in [2.45, 2.75) is 13.0 Å². The summed E-state index contributed by atoms with van der Waals surface area (Å²) in [5.41, 5.74) is 0.297. The second-order valence-electron chi connectivity index (χ2n) is 4.95. The first-order chi connectivity index (χ1) is 12.0. The maximum atomic E-state index is 13.9. The van der Waals surface area contributed by atoms with Crippen molar-refractivity contribution in [1.29, 1.82) is 0 Å². The average Bonchev–Trinajstić information content (AvgIpc) is 3.14. The highest BCUT2D eigenvalue weighted by molar-refractivity contribution is 7.11. The van der Waals surface area contributed by atoms with Crippen LogP contribution in [0.5, 0.6) is 0 Å². The van der Waals surface area contributed by atoms with Crippen molar-refractivity contribution in [2.24, 2.45) is 4.99 Å². The molecule has 9 heteroatoms. The Morgan fingerprint density at radius 2 is 2.24 bits per heavy atom. The van der Waals surface area contributed by atoms with E-state index in [1.165, 1.54) is 23.6 Å². The Balaban J connectivity index is 2.08. The molecular weight excluding hydrogens is 372 g/mol. The van der Waals surface area contributed by atoms with Crippen molar-refractivity contribution in [3.63, 3.8) is 0 Å². The van der Waals surface area contributed by atoms with E-state index in [9.17, 15) is 13.6 Å². The second-order valence-corrected chi connectivity index (χ2v) is 6.22. The summed E-state index contributed by atoms with van der Waals surface area (Å²) >= 11 is 7.29. The standard InChI is InChI=1S/C16H12ClF2N3O2S/c1-2-24-16(23)9-7-21-14(15-20-5-6-25-15)22-13(9)8-3-4-10(18)12(19)11(8)17/h3-7,13H,2H2,1H3,(H,21,22). The summed E-state index contributed by atoms with van der Waals surface area (Å²) in [6.45, 7) is 1.83. The lowest BCUT2D eigenvalue weighted by molar-refractivity contribution is -0.138. The van der Waals surface area contributed by atoms with E-state index in [2.05, 4.69) is 15.3 Å². The number of rotatable bonds is 4. The Hall–Kier alpha value is -2.32. The normalized spacial score (nSPS) is 16.7. The van der Waals surface area contributed by atoms with Crippen LogP contribution in [0.3, 0.4) is 0 Å². The van der Waals surface area contributed by atoms with Crippen molar-refractivity contribution < 1.29 is 18.3 Å². The minimum atomic E-state index is -1.19. The van der Waals surface area contributed by atoms with E-state index < -0.39 is 28.7 Å². The van der Waals surface area contributed by atoms with Crippen molar-refractivity contribution in [3.05, 3.63) is 62.7 Å². The number of benzene rings is 1. The molecule has 0 aliphatic carbocycles. The Kier molecular flexibility index (Phi) is 5.10. The number of halogens is 3. The molecule has 0 saturated heterocycles. The van der Waals surface area contributed by atoms with Crippen LogP contribution in [0.15, 0.2) is 40.5 Å². The van der Waals surface area contributed by atoms with E-state index in [4.69, 9.17) is 16.3 Å². The molecule has 1 aliphatic rings. The van der Waals surface area contributed by atoms with E-state index in [-0.39, 0.29) is 17.7 Å². The summed E-state index contributed by atoms with van der Waals surface area (Å²) in [5, 5.41) is 4.81. The summed E-state index contributed by atoms with van der Waals surface area (Å²) in [5.74, 6) is -2.49. The van der Waals surface area contributed by atoms with Gasteiger partial charge in [0, 0.05) is 23.3 Å². The molecule has 130 valence electrons. The van der Waals surface area contributed by atoms with Gasteiger partial charge < -0.3 is 10.1 Å². The number of nitrogens with one attached hydrogen (secondary N) is 1. The number of carbonyl (C=O) groups excluding carboxylic acids is 1. The van der Waals surface area contributed by atoms with E-state index in [1.807, 2.05) is 0 Å². The fourth-order valence-corrected chi connectivity index (χ4v) is 3.14. The maximum absolute atomic E-state index is 13.9. The van der Waals surface area contributed by atoms with Gasteiger partial charge in [0.15, 0.2) is 22.5 Å². The number of amidine groups is 1. The topological polar surface area (TPSA) is 63.6 Å². The van der Waals surface area contributed by atoms with Crippen molar-refractivity contribution in [2.75, 3.05) is 6.61 Å². The molecule has 3 rings (SSSR count). The van der Waals surface area contributed by atoms with E-state index in [1.54, 1.807) is 18.5 Å². The Morgan fingerprint density at radius 3 is 2.92 bits per heavy atom. The van der Waals surface area contributed by atoms with Gasteiger partial charge >= 0.3 is 5.97 Å². The number of aromatic nitrogens is 1. The summed E-state index contributed by atoms with van der Waals surface area (Å²) in [4.78, 5) is 20.8. The zero-order chi connectivity index (χ0) is 18.0. The zero-order valence-corrected chi connectivity index (χ0v) is 14.5. The highest BCUT2D eigenvalue weighted by atomic mass is 35.5. The molecule has 1 atom stereocenters. The van der Waals surface area contributed by atoms with Gasteiger partial charge in [-0.2, -0.15) is 0 Å². The largest absolute Gasteiger partial charge is 0.463 e. The van der Waals surface area contributed by atoms with Gasteiger partial charge in [0.1, 0.15) is 6.04 Å². The molecule has 1 aliphatic heterocycles. The van der Waals surface area contributed by atoms with E-state index in [0.29, 0.717) is 10.8 Å². The van der Waals surface area contributed by atoms with Crippen molar-refractivity contribution >= 4 is 34.7 Å². The van der Waals surface area contributed by atoms with Gasteiger partial charge in [0.05, 0.1) is 17.2 Å². The Bertz CT molecular complexity index is 869. The summed E-state index contributed by atoms with van der Waals surface area (Å²) in [6, 6.07) is 1.30. The lowest BCUT2D eigenvalue weighted by Gasteiger charge is -2.22. The van der Waals surface area contributed by atoms with Crippen LogP contribution in [-0.4, -0.2) is 23.4 Å². The molecule has 0 saturated carbocycles. The molecule has 1 N–H and O–H groups in total. The van der Waals surface area contributed by atoms with Gasteiger partial charge in [0.2, 0.25) is 0 Å². The molecule has 1 aromatic carbocycles. The van der Waals surface area contributed by atoms with Crippen LogP contribution in [0.25, 0.3) is 0 Å². The molecule has 25 heavy (non-hydrogen) atoms. The molecule has 5 nitrogen and oxygen atoms in total. The third-order valence-electron chi connectivity index (χ3n) is 3.42. The molecule has 1 unspecified atom stereocenters. The quantitative estimate of drug-likeness (QED) is 0.647.